The quantitative estimate of drug-likeness (QED) is 0.697. The number of nitrogens with one attached hydrogen (secondary N) is 1. The van der Waals surface area contributed by atoms with Crippen molar-refractivity contribution in [2.45, 2.75) is 26.1 Å². The minimum Gasteiger partial charge on any atom is -0.405 e. The van der Waals surface area contributed by atoms with Gasteiger partial charge in [-0.15, -0.1) is 13.2 Å². The van der Waals surface area contributed by atoms with E-state index in [-0.39, 0.29) is 28.5 Å². The van der Waals surface area contributed by atoms with Crippen LogP contribution in [0.1, 0.15) is 34.7 Å². The number of carbonyl (C=O) groups is 1. The summed E-state index contributed by atoms with van der Waals surface area (Å²) in [5, 5.41) is 6.97. The molecule has 30 heavy (non-hydrogen) atoms. The van der Waals surface area contributed by atoms with Gasteiger partial charge in [0.25, 0.3) is 5.91 Å². The van der Waals surface area contributed by atoms with E-state index < -0.39 is 12.3 Å². The van der Waals surface area contributed by atoms with Crippen LogP contribution in [0.15, 0.2) is 48.6 Å². The van der Waals surface area contributed by atoms with Gasteiger partial charge in [-0.2, -0.15) is 5.10 Å². The second-order valence-electron chi connectivity index (χ2n) is 6.39. The number of aromatic nitrogens is 5. The Morgan fingerprint density at radius 1 is 1.20 bits per heavy atom. The number of ether oxygens (including phenoxy) is 1. The Morgan fingerprint density at radius 3 is 2.73 bits per heavy atom. The Labute approximate surface area is 168 Å². The second kappa shape index (κ2) is 7.58. The molecular formula is C19H15F3N6O2. The molecule has 11 heteroatoms. The lowest BCUT2D eigenvalue weighted by molar-refractivity contribution is -0.302. The van der Waals surface area contributed by atoms with Crippen molar-refractivity contribution in [2.75, 3.05) is 5.32 Å². The van der Waals surface area contributed by atoms with E-state index in [0.29, 0.717) is 24.2 Å². The van der Waals surface area contributed by atoms with Crippen molar-refractivity contribution in [1.29, 1.82) is 0 Å². The molecule has 8 nitrogen and oxygen atoms in total. The Kier molecular flexibility index (Phi) is 4.94. The molecule has 0 atom stereocenters. The first-order chi connectivity index (χ1) is 14.3. The molecule has 3 heterocycles. The summed E-state index contributed by atoms with van der Waals surface area (Å²) in [5.41, 5.74) is 1.34. The fraction of sp³-hybridized carbons (Fsp3) is 0.211. The van der Waals surface area contributed by atoms with E-state index in [1.165, 1.54) is 35.2 Å². The van der Waals surface area contributed by atoms with Gasteiger partial charge >= 0.3 is 6.36 Å². The molecule has 0 unspecified atom stereocenters. The molecule has 154 valence electrons. The number of amides is 1. The van der Waals surface area contributed by atoms with E-state index in [1.54, 1.807) is 19.1 Å². The predicted molar refractivity (Wildman–Crippen MR) is 100 cm³/mol. The number of anilines is 1. The van der Waals surface area contributed by atoms with Crippen molar-refractivity contribution in [3.05, 3.63) is 65.7 Å². The molecule has 0 radical (unpaired) electrons. The summed E-state index contributed by atoms with van der Waals surface area (Å²) in [7, 11) is 0. The van der Waals surface area contributed by atoms with Crippen molar-refractivity contribution < 1.29 is 22.7 Å². The van der Waals surface area contributed by atoms with Gasteiger partial charge < -0.3 is 10.1 Å². The summed E-state index contributed by atoms with van der Waals surface area (Å²) in [6.07, 6.45) is 3.42. The van der Waals surface area contributed by atoms with Crippen LogP contribution in [0.5, 0.6) is 0 Å². The first kappa shape index (κ1) is 19.6. The average Bonchev–Trinajstić information content (AvgIpc) is 3.03. The number of alkyl halides is 3. The van der Waals surface area contributed by atoms with Crippen molar-refractivity contribution in [1.82, 2.24) is 24.6 Å². The standard InChI is InChI=1S/C19H15F3N6O2/c1-11-17(18(29)26-15-10-23-8-9-24-15)28-16(25-11)7-6-13(27-28)12-4-2-3-5-14(12)30-19(20,21)22/h4-10H,2-3H2,1H3,(H,24,26,29). The van der Waals surface area contributed by atoms with Crippen molar-refractivity contribution in [3.8, 4) is 0 Å². The molecule has 0 aromatic carbocycles. The number of nitrogens with zero attached hydrogens (tertiary/aromatic N) is 5. The molecule has 4 rings (SSSR count). The lowest BCUT2D eigenvalue weighted by Gasteiger charge is -2.18. The molecule has 1 aliphatic carbocycles. The van der Waals surface area contributed by atoms with Crippen LogP contribution in [0, 0.1) is 6.92 Å². The van der Waals surface area contributed by atoms with E-state index in [2.05, 4.69) is 30.1 Å². The SMILES string of the molecule is Cc1nc2ccc(C3=CCCC=C3OC(F)(F)F)nn2c1C(=O)Nc1cnccn1. The smallest absolute Gasteiger partial charge is 0.405 e. The monoisotopic (exact) mass is 416 g/mol. The zero-order valence-corrected chi connectivity index (χ0v) is 15.6. The number of carbonyl (C=O) groups excluding carboxylic acids is 1. The molecule has 0 aliphatic heterocycles. The van der Waals surface area contributed by atoms with E-state index >= 15 is 0 Å². The van der Waals surface area contributed by atoms with Gasteiger partial charge in [0.05, 0.1) is 17.6 Å². The molecule has 0 fully saturated rings. The number of fused-ring (bicyclic) bond motifs is 1. The third kappa shape index (κ3) is 4.00. The van der Waals surface area contributed by atoms with Crippen LogP contribution in [0.2, 0.25) is 0 Å². The van der Waals surface area contributed by atoms with Gasteiger partial charge in [-0.1, -0.05) is 6.08 Å². The van der Waals surface area contributed by atoms with Gasteiger partial charge in [-0.25, -0.2) is 14.5 Å². The van der Waals surface area contributed by atoms with Gasteiger partial charge in [-0.05, 0) is 38.0 Å². The third-order valence-corrected chi connectivity index (χ3v) is 4.28. The summed E-state index contributed by atoms with van der Waals surface area (Å²) < 4.78 is 43.8. The summed E-state index contributed by atoms with van der Waals surface area (Å²) >= 11 is 0. The first-order valence-corrected chi connectivity index (χ1v) is 8.92. The van der Waals surface area contributed by atoms with Gasteiger partial charge in [0.1, 0.15) is 5.76 Å². The zero-order chi connectivity index (χ0) is 21.3. The fourth-order valence-electron chi connectivity index (χ4n) is 3.09. The van der Waals surface area contributed by atoms with E-state index in [0.717, 1.165) is 0 Å². The summed E-state index contributed by atoms with van der Waals surface area (Å²) in [6.45, 7) is 1.64. The Balaban J connectivity index is 1.72. The lowest BCUT2D eigenvalue weighted by Crippen LogP contribution is -2.18. The van der Waals surface area contributed by atoms with Gasteiger partial charge in [-0.3, -0.25) is 9.78 Å². The normalized spacial score (nSPS) is 14.3. The Morgan fingerprint density at radius 2 is 2.00 bits per heavy atom. The maximum Gasteiger partial charge on any atom is 0.573 e. The maximum absolute atomic E-state index is 12.8. The van der Waals surface area contributed by atoms with E-state index in [1.807, 2.05) is 0 Å². The van der Waals surface area contributed by atoms with E-state index in [4.69, 9.17) is 0 Å². The van der Waals surface area contributed by atoms with Gasteiger partial charge in [0.2, 0.25) is 0 Å². The van der Waals surface area contributed by atoms with Crippen molar-refractivity contribution in [2.24, 2.45) is 0 Å². The summed E-state index contributed by atoms with van der Waals surface area (Å²) in [5.74, 6) is -0.597. The summed E-state index contributed by atoms with van der Waals surface area (Å²) in [6, 6.07) is 3.12. The van der Waals surface area contributed by atoms with Crippen LogP contribution >= 0.6 is 0 Å². The fourth-order valence-corrected chi connectivity index (χ4v) is 3.09. The van der Waals surface area contributed by atoms with Gasteiger partial charge in [0, 0.05) is 18.0 Å². The number of aryl methyl sites for hydroxylation is 1. The van der Waals surface area contributed by atoms with E-state index in [9.17, 15) is 18.0 Å². The highest BCUT2D eigenvalue weighted by Gasteiger charge is 2.34. The highest BCUT2D eigenvalue weighted by atomic mass is 19.4. The lowest BCUT2D eigenvalue weighted by atomic mass is 10.0. The number of hydrogen-bond acceptors (Lipinski definition) is 6. The molecule has 0 saturated carbocycles. The topological polar surface area (TPSA) is 94.3 Å². The molecule has 3 aromatic heterocycles. The minimum atomic E-state index is -4.82. The molecule has 0 saturated heterocycles. The number of allylic oxidation sites excluding steroid dienone is 3. The maximum atomic E-state index is 12.8. The second-order valence-corrected chi connectivity index (χ2v) is 6.39. The zero-order valence-electron chi connectivity index (χ0n) is 15.6. The summed E-state index contributed by atoms with van der Waals surface area (Å²) in [4.78, 5) is 24.9. The van der Waals surface area contributed by atoms with Crippen LogP contribution in [0.4, 0.5) is 19.0 Å². The highest BCUT2D eigenvalue weighted by molar-refractivity contribution is 6.03. The molecule has 0 bridgehead atoms. The average molecular weight is 416 g/mol. The third-order valence-electron chi connectivity index (χ3n) is 4.28. The largest absolute Gasteiger partial charge is 0.573 e. The molecule has 1 amide bonds. The van der Waals surface area contributed by atoms with Crippen molar-refractivity contribution >= 4 is 22.9 Å². The number of imidazole rings is 1. The van der Waals surface area contributed by atoms with Crippen LogP contribution in [0.25, 0.3) is 11.2 Å². The molecular weight excluding hydrogens is 401 g/mol. The number of halogens is 3. The Bertz CT molecular complexity index is 1170. The molecule has 1 aliphatic rings. The molecule has 0 spiro atoms. The highest BCUT2D eigenvalue weighted by Crippen LogP contribution is 2.33. The van der Waals surface area contributed by atoms with Crippen LogP contribution in [-0.2, 0) is 4.74 Å². The Hall–Kier alpha value is -3.76. The van der Waals surface area contributed by atoms with Crippen molar-refractivity contribution in [3.63, 3.8) is 0 Å². The number of rotatable bonds is 4. The number of hydrogen-bond donors (Lipinski definition) is 1. The van der Waals surface area contributed by atoms with Crippen LogP contribution < -0.4 is 5.32 Å². The minimum absolute atomic E-state index is 0.135. The van der Waals surface area contributed by atoms with Gasteiger partial charge in [0.15, 0.2) is 17.2 Å². The van der Waals surface area contributed by atoms with Crippen LogP contribution in [-0.4, -0.2) is 36.8 Å². The molecule has 3 aromatic rings. The molecule has 1 N–H and O–H groups in total. The first-order valence-electron chi connectivity index (χ1n) is 8.92. The van der Waals surface area contributed by atoms with Crippen LogP contribution in [0.3, 0.4) is 0 Å². The predicted octanol–water partition coefficient (Wildman–Crippen LogP) is 3.68.